The zero-order valence-corrected chi connectivity index (χ0v) is 17.5. The summed E-state index contributed by atoms with van der Waals surface area (Å²) in [5.74, 6) is 0.509. The van der Waals surface area contributed by atoms with Gasteiger partial charge < -0.3 is 14.4 Å². The van der Waals surface area contributed by atoms with Crippen molar-refractivity contribution in [1.82, 2.24) is 10.2 Å². The van der Waals surface area contributed by atoms with Crippen LogP contribution in [0.4, 0.5) is 32.2 Å². The Morgan fingerprint density at radius 2 is 1.75 bits per heavy atom. The molecule has 1 fully saturated rings. The van der Waals surface area contributed by atoms with Gasteiger partial charge in [0.25, 0.3) is 0 Å². The number of hydrogen-bond acceptors (Lipinski definition) is 5. The van der Waals surface area contributed by atoms with E-state index in [1.807, 2.05) is 13.8 Å². The Morgan fingerprint density at radius 3 is 2.31 bits per heavy atom. The van der Waals surface area contributed by atoms with Gasteiger partial charge in [0.05, 0.1) is 12.2 Å². The fourth-order valence-electron chi connectivity index (χ4n) is 3.42. The molecule has 1 aromatic heterocycles. The molecule has 0 N–H and O–H groups in total. The summed E-state index contributed by atoms with van der Waals surface area (Å²) in [4.78, 5) is 1.80. The van der Waals surface area contributed by atoms with Crippen molar-refractivity contribution in [1.29, 1.82) is 0 Å². The molecule has 0 amide bonds. The molecule has 3 rings (SSSR count). The molecule has 176 valence electrons. The summed E-state index contributed by atoms with van der Waals surface area (Å²) in [6, 6.07) is 5.30. The molecule has 2 atom stereocenters. The maximum atomic E-state index is 13.1. The normalized spacial score (nSPS) is 19.7. The van der Waals surface area contributed by atoms with Crippen molar-refractivity contribution < 1.29 is 35.8 Å². The molecule has 2 heterocycles. The molecule has 0 aliphatic carbocycles. The van der Waals surface area contributed by atoms with Crippen molar-refractivity contribution in [3.8, 4) is 11.5 Å². The number of ether oxygens (including phenoxy) is 2. The van der Waals surface area contributed by atoms with Gasteiger partial charge in [-0.25, -0.2) is 0 Å². The quantitative estimate of drug-likeness (QED) is 0.523. The summed E-state index contributed by atoms with van der Waals surface area (Å²) in [5.41, 5.74) is -1.88. The van der Waals surface area contributed by atoms with Crippen LogP contribution in [0.3, 0.4) is 0 Å². The largest absolute Gasteiger partial charge is 0.490 e. The predicted octanol–water partition coefficient (Wildman–Crippen LogP) is 5.60. The SMILES string of the molecule is CCCOc1cc(C(F)(F)F)ccc1O[C@@H]1CCN(c2ccc(C(F)(F)F)nn2)C[C@@H]1C. The zero-order chi connectivity index (χ0) is 23.5. The number of aromatic nitrogens is 2. The molecule has 2 aromatic rings. The van der Waals surface area contributed by atoms with Crippen LogP contribution in [-0.2, 0) is 12.4 Å². The second-order valence-electron chi connectivity index (χ2n) is 7.65. The van der Waals surface area contributed by atoms with E-state index in [-0.39, 0.29) is 30.1 Å². The van der Waals surface area contributed by atoms with Crippen LogP contribution < -0.4 is 14.4 Å². The van der Waals surface area contributed by atoms with E-state index in [1.54, 1.807) is 4.90 Å². The lowest BCUT2D eigenvalue weighted by atomic mass is 9.96. The highest BCUT2D eigenvalue weighted by Gasteiger charge is 2.35. The fraction of sp³-hybridized carbons (Fsp3) is 0.524. The Balaban J connectivity index is 1.69. The number of benzene rings is 1. The van der Waals surface area contributed by atoms with E-state index in [1.165, 1.54) is 12.1 Å². The standard InChI is InChI=1S/C21H23F6N3O2/c1-3-10-31-17-11-14(20(22,23)24)4-5-16(17)32-15-8-9-30(12-13(15)2)19-7-6-18(28-29-19)21(25,26)27/h4-7,11,13,15H,3,8-10,12H2,1-2H3/t13-,15+/m0/s1. The van der Waals surface area contributed by atoms with E-state index in [2.05, 4.69) is 10.2 Å². The van der Waals surface area contributed by atoms with Crippen LogP contribution in [0, 0.1) is 5.92 Å². The zero-order valence-electron chi connectivity index (χ0n) is 17.5. The highest BCUT2D eigenvalue weighted by atomic mass is 19.4. The van der Waals surface area contributed by atoms with Gasteiger partial charge in [0.2, 0.25) is 0 Å². The maximum absolute atomic E-state index is 13.1. The smallest absolute Gasteiger partial charge is 0.435 e. The van der Waals surface area contributed by atoms with Crippen LogP contribution in [0.15, 0.2) is 30.3 Å². The average molecular weight is 463 g/mol. The second-order valence-corrected chi connectivity index (χ2v) is 7.65. The van der Waals surface area contributed by atoms with Crippen molar-refractivity contribution in [2.45, 2.75) is 45.1 Å². The number of halogens is 6. The molecular formula is C21H23F6N3O2. The van der Waals surface area contributed by atoms with E-state index < -0.39 is 23.6 Å². The van der Waals surface area contributed by atoms with Gasteiger partial charge in [0.1, 0.15) is 6.10 Å². The Labute approximate surface area is 181 Å². The monoisotopic (exact) mass is 463 g/mol. The highest BCUT2D eigenvalue weighted by Crippen LogP contribution is 2.38. The molecule has 0 bridgehead atoms. The van der Waals surface area contributed by atoms with Crippen LogP contribution >= 0.6 is 0 Å². The first kappa shape index (κ1) is 23.9. The number of rotatable bonds is 6. The summed E-state index contributed by atoms with van der Waals surface area (Å²) < 4.78 is 88.7. The second kappa shape index (κ2) is 9.41. The molecule has 11 heteroatoms. The topological polar surface area (TPSA) is 47.5 Å². The molecule has 0 spiro atoms. The Bertz CT molecular complexity index is 902. The molecule has 1 aromatic carbocycles. The van der Waals surface area contributed by atoms with Crippen LogP contribution in [0.2, 0.25) is 0 Å². The van der Waals surface area contributed by atoms with Crippen LogP contribution in [0.1, 0.15) is 37.9 Å². The number of hydrogen-bond donors (Lipinski definition) is 0. The molecule has 5 nitrogen and oxygen atoms in total. The number of nitrogens with zero attached hydrogens (tertiary/aromatic N) is 3. The number of piperidine rings is 1. The summed E-state index contributed by atoms with van der Waals surface area (Å²) in [5, 5.41) is 6.93. The minimum absolute atomic E-state index is 0.0323. The van der Waals surface area contributed by atoms with Crippen LogP contribution in [-0.4, -0.2) is 36.0 Å². The minimum Gasteiger partial charge on any atom is -0.490 e. The van der Waals surface area contributed by atoms with Gasteiger partial charge in [0.15, 0.2) is 23.0 Å². The third-order valence-corrected chi connectivity index (χ3v) is 5.10. The first-order valence-corrected chi connectivity index (χ1v) is 10.2. The van der Waals surface area contributed by atoms with Gasteiger partial charge in [-0.3, -0.25) is 0 Å². The van der Waals surface area contributed by atoms with E-state index in [0.29, 0.717) is 31.7 Å². The fourth-order valence-corrected chi connectivity index (χ4v) is 3.42. The van der Waals surface area contributed by atoms with Crippen molar-refractivity contribution in [3.63, 3.8) is 0 Å². The summed E-state index contributed by atoms with van der Waals surface area (Å²) in [6.07, 6.45) is -8.24. The lowest BCUT2D eigenvalue weighted by molar-refractivity contribution is -0.141. The molecule has 32 heavy (non-hydrogen) atoms. The number of anilines is 1. The Kier molecular flexibility index (Phi) is 7.04. The summed E-state index contributed by atoms with van der Waals surface area (Å²) in [7, 11) is 0. The van der Waals surface area contributed by atoms with E-state index >= 15 is 0 Å². The van der Waals surface area contributed by atoms with Crippen molar-refractivity contribution in [2.24, 2.45) is 5.92 Å². The Morgan fingerprint density at radius 1 is 1.00 bits per heavy atom. The van der Waals surface area contributed by atoms with E-state index in [4.69, 9.17) is 9.47 Å². The van der Waals surface area contributed by atoms with Crippen molar-refractivity contribution in [2.75, 3.05) is 24.6 Å². The number of alkyl halides is 6. The molecule has 0 saturated carbocycles. The van der Waals surface area contributed by atoms with Crippen LogP contribution in [0.5, 0.6) is 11.5 Å². The predicted molar refractivity (Wildman–Crippen MR) is 105 cm³/mol. The van der Waals surface area contributed by atoms with Gasteiger partial charge >= 0.3 is 12.4 Å². The summed E-state index contributed by atoms with van der Waals surface area (Å²) >= 11 is 0. The first-order valence-electron chi connectivity index (χ1n) is 10.2. The third kappa shape index (κ3) is 5.74. The maximum Gasteiger partial charge on any atom is 0.435 e. The summed E-state index contributed by atoms with van der Waals surface area (Å²) in [6.45, 7) is 4.87. The molecular weight excluding hydrogens is 440 g/mol. The lowest BCUT2D eigenvalue weighted by Gasteiger charge is -2.37. The van der Waals surface area contributed by atoms with Crippen molar-refractivity contribution in [3.05, 3.63) is 41.6 Å². The third-order valence-electron chi connectivity index (χ3n) is 5.10. The Hall–Kier alpha value is -2.72. The molecule has 1 saturated heterocycles. The van der Waals surface area contributed by atoms with Gasteiger partial charge in [0, 0.05) is 25.4 Å². The minimum atomic E-state index is -4.56. The van der Waals surface area contributed by atoms with Gasteiger partial charge in [-0.1, -0.05) is 13.8 Å². The lowest BCUT2D eigenvalue weighted by Crippen LogP contribution is -2.45. The molecule has 0 unspecified atom stereocenters. The molecule has 1 aliphatic heterocycles. The molecule has 1 aliphatic rings. The highest BCUT2D eigenvalue weighted by molar-refractivity contribution is 5.44. The van der Waals surface area contributed by atoms with E-state index in [9.17, 15) is 26.3 Å². The average Bonchev–Trinajstić information content (AvgIpc) is 2.73. The van der Waals surface area contributed by atoms with Crippen LogP contribution in [0.25, 0.3) is 0 Å². The van der Waals surface area contributed by atoms with E-state index in [0.717, 1.165) is 18.2 Å². The van der Waals surface area contributed by atoms with Gasteiger partial charge in [-0.15, -0.1) is 10.2 Å². The first-order chi connectivity index (χ1) is 15.0. The van der Waals surface area contributed by atoms with Gasteiger partial charge in [-0.2, -0.15) is 26.3 Å². The molecule has 0 radical (unpaired) electrons. The van der Waals surface area contributed by atoms with Crippen molar-refractivity contribution >= 4 is 5.82 Å². The van der Waals surface area contributed by atoms with Gasteiger partial charge in [-0.05, 0) is 36.8 Å².